The molecule has 1 aromatic rings. The first-order chi connectivity index (χ1) is 13.8. The van der Waals surface area contributed by atoms with Gasteiger partial charge in [0.1, 0.15) is 0 Å². The van der Waals surface area contributed by atoms with E-state index >= 15 is 0 Å². The number of amides is 2. The molecule has 1 saturated heterocycles. The molecule has 1 aromatic carbocycles. The summed E-state index contributed by atoms with van der Waals surface area (Å²) in [5.41, 5.74) is 0.557. The van der Waals surface area contributed by atoms with Crippen LogP contribution < -0.4 is 10.6 Å². The van der Waals surface area contributed by atoms with Crippen molar-refractivity contribution in [2.45, 2.75) is 51.0 Å². The summed E-state index contributed by atoms with van der Waals surface area (Å²) in [5.74, 6) is -0.132. The number of benzene rings is 1. The molecular formula is C20H32N4O4S. The minimum Gasteiger partial charge on any atom is -0.352 e. The lowest BCUT2D eigenvalue weighted by atomic mass is 10.1. The van der Waals surface area contributed by atoms with Crippen LogP contribution in [0.3, 0.4) is 0 Å². The van der Waals surface area contributed by atoms with E-state index in [1.807, 2.05) is 11.8 Å². The topological polar surface area (TPSA) is 98.8 Å². The van der Waals surface area contributed by atoms with Crippen LogP contribution in [0.2, 0.25) is 0 Å². The highest BCUT2D eigenvalue weighted by molar-refractivity contribution is 7.89. The summed E-state index contributed by atoms with van der Waals surface area (Å²) in [4.78, 5) is 26.2. The first-order valence-electron chi connectivity index (χ1n) is 10.2. The smallest absolute Gasteiger partial charge is 0.243 e. The van der Waals surface area contributed by atoms with Gasteiger partial charge in [-0.1, -0.05) is 20.8 Å². The summed E-state index contributed by atoms with van der Waals surface area (Å²) in [6.07, 6.45) is 2.31. The summed E-state index contributed by atoms with van der Waals surface area (Å²) in [5, 5.41) is 5.80. The molecule has 0 aliphatic carbocycles. The quantitative estimate of drug-likeness (QED) is 0.628. The monoisotopic (exact) mass is 424 g/mol. The lowest BCUT2D eigenvalue weighted by Crippen LogP contribution is -2.49. The molecule has 8 nitrogen and oxygen atoms in total. The van der Waals surface area contributed by atoms with Crippen molar-refractivity contribution in [2.24, 2.45) is 0 Å². The summed E-state index contributed by atoms with van der Waals surface area (Å²) < 4.78 is 26.4. The zero-order chi connectivity index (χ0) is 21.4. The number of carbonyl (C=O) groups excluding carboxylic acids is 2. The number of sulfonamides is 1. The van der Waals surface area contributed by atoms with Gasteiger partial charge in [-0.25, -0.2) is 8.42 Å². The van der Waals surface area contributed by atoms with Crippen LogP contribution >= 0.6 is 0 Å². The van der Waals surface area contributed by atoms with Gasteiger partial charge < -0.3 is 10.6 Å². The molecule has 2 N–H and O–H groups in total. The molecule has 0 radical (unpaired) electrons. The van der Waals surface area contributed by atoms with Crippen molar-refractivity contribution in [1.82, 2.24) is 14.5 Å². The van der Waals surface area contributed by atoms with Crippen LogP contribution in [0.4, 0.5) is 5.69 Å². The molecule has 1 atom stereocenters. The highest BCUT2D eigenvalue weighted by atomic mass is 32.2. The predicted octanol–water partition coefficient (Wildman–Crippen LogP) is 1.65. The fourth-order valence-electron chi connectivity index (χ4n) is 3.47. The van der Waals surface area contributed by atoms with Gasteiger partial charge in [-0.2, -0.15) is 4.31 Å². The number of piperidine rings is 1. The van der Waals surface area contributed by atoms with Crippen LogP contribution in [-0.2, 0) is 19.6 Å². The maximum absolute atomic E-state index is 12.5. The van der Waals surface area contributed by atoms with Gasteiger partial charge in [0.15, 0.2) is 0 Å². The van der Waals surface area contributed by atoms with E-state index in [4.69, 9.17) is 0 Å². The molecule has 0 aromatic heterocycles. The Balaban J connectivity index is 1.91. The maximum atomic E-state index is 12.5. The molecule has 0 bridgehead atoms. The van der Waals surface area contributed by atoms with Gasteiger partial charge in [-0.3, -0.25) is 14.5 Å². The number of rotatable bonds is 9. The third kappa shape index (κ3) is 6.52. The lowest BCUT2D eigenvalue weighted by molar-refractivity contribution is -0.121. The average Bonchev–Trinajstić information content (AvgIpc) is 2.69. The Morgan fingerprint density at radius 3 is 2.34 bits per heavy atom. The average molecular weight is 425 g/mol. The summed E-state index contributed by atoms with van der Waals surface area (Å²) >= 11 is 0. The first-order valence-corrected chi connectivity index (χ1v) is 11.7. The van der Waals surface area contributed by atoms with E-state index in [1.54, 1.807) is 26.0 Å². The van der Waals surface area contributed by atoms with Crippen molar-refractivity contribution in [1.29, 1.82) is 0 Å². The molecule has 162 valence electrons. The second-order valence-electron chi connectivity index (χ2n) is 7.16. The SMILES string of the molecule is CCC(=O)NC1CCCN(CC(=O)Nc2ccc(S(=O)(=O)N(CC)CC)cc2)C1. The molecule has 1 unspecified atom stereocenters. The van der Waals surface area contributed by atoms with Crippen LogP contribution in [0.5, 0.6) is 0 Å². The lowest BCUT2D eigenvalue weighted by Gasteiger charge is -2.32. The number of carbonyl (C=O) groups is 2. The number of hydrogen-bond donors (Lipinski definition) is 2. The van der Waals surface area contributed by atoms with Gasteiger partial charge in [0, 0.05) is 37.8 Å². The maximum Gasteiger partial charge on any atom is 0.243 e. The Bertz CT molecular complexity index is 791. The molecule has 0 saturated carbocycles. The molecule has 2 amide bonds. The highest BCUT2D eigenvalue weighted by Crippen LogP contribution is 2.18. The zero-order valence-corrected chi connectivity index (χ0v) is 18.3. The van der Waals surface area contributed by atoms with Gasteiger partial charge in [0.25, 0.3) is 0 Å². The van der Waals surface area contributed by atoms with Crippen LogP contribution in [0, 0.1) is 0 Å². The van der Waals surface area contributed by atoms with E-state index in [-0.39, 0.29) is 29.3 Å². The fraction of sp³-hybridized carbons (Fsp3) is 0.600. The summed E-state index contributed by atoms with van der Waals surface area (Å²) in [6, 6.07) is 6.32. The van der Waals surface area contributed by atoms with E-state index in [9.17, 15) is 18.0 Å². The van der Waals surface area contributed by atoms with Crippen molar-refractivity contribution in [3.63, 3.8) is 0 Å². The van der Waals surface area contributed by atoms with Crippen LogP contribution in [0.15, 0.2) is 29.2 Å². The predicted molar refractivity (Wildman–Crippen MR) is 113 cm³/mol. The normalized spacial score (nSPS) is 17.9. The summed E-state index contributed by atoms with van der Waals surface area (Å²) in [7, 11) is -3.51. The Morgan fingerprint density at radius 2 is 1.76 bits per heavy atom. The van der Waals surface area contributed by atoms with Crippen LogP contribution in [0.25, 0.3) is 0 Å². The van der Waals surface area contributed by atoms with Gasteiger partial charge in [0.2, 0.25) is 21.8 Å². The summed E-state index contributed by atoms with van der Waals surface area (Å²) in [6.45, 7) is 7.94. The Labute approximate surface area is 173 Å². The van der Waals surface area contributed by atoms with Gasteiger partial charge in [-0.05, 0) is 43.7 Å². The largest absolute Gasteiger partial charge is 0.352 e. The minimum absolute atomic E-state index is 0.0288. The Hall–Kier alpha value is -1.97. The van der Waals surface area contributed by atoms with E-state index < -0.39 is 10.0 Å². The number of nitrogens with one attached hydrogen (secondary N) is 2. The van der Waals surface area contributed by atoms with E-state index in [1.165, 1.54) is 16.4 Å². The van der Waals surface area contributed by atoms with Crippen LogP contribution in [-0.4, -0.2) is 68.2 Å². The second-order valence-corrected chi connectivity index (χ2v) is 9.10. The fourth-order valence-corrected chi connectivity index (χ4v) is 4.93. The molecule has 2 rings (SSSR count). The minimum atomic E-state index is -3.51. The molecular weight excluding hydrogens is 392 g/mol. The second kappa shape index (κ2) is 10.7. The van der Waals surface area contributed by atoms with Gasteiger partial charge in [-0.15, -0.1) is 0 Å². The van der Waals surface area contributed by atoms with E-state index in [0.717, 1.165) is 19.4 Å². The molecule has 1 aliphatic heterocycles. The number of nitrogens with zero attached hydrogens (tertiary/aromatic N) is 2. The highest BCUT2D eigenvalue weighted by Gasteiger charge is 2.23. The Kier molecular flexibility index (Phi) is 8.60. The van der Waals surface area contributed by atoms with Crippen molar-refractivity contribution in [3.8, 4) is 0 Å². The molecule has 1 aliphatic rings. The molecule has 9 heteroatoms. The van der Waals surface area contributed by atoms with E-state index in [0.29, 0.717) is 31.7 Å². The van der Waals surface area contributed by atoms with Crippen molar-refractivity contribution in [3.05, 3.63) is 24.3 Å². The number of anilines is 1. The third-order valence-electron chi connectivity index (χ3n) is 5.04. The van der Waals surface area contributed by atoms with Crippen molar-refractivity contribution in [2.75, 3.05) is 38.0 Å². The van der Waals surface area contributed by atoms with E-state index in [2.05, 4.69) is 10.6 Å². The number of likely N-dealkylation sites (tertiary alicyclic amines) is 1. The Morgan fingerprint density at radius 1 is 1.10 bits per heavy atom. The standard InChI is InChI=1S/C20H32N4O4S/c1-4-19(25)22-17-8-7-13-23(14-17)15-20(26)21-16-9-11-18(12-10-16)29(27,28)24(5-2)6-3/h9-12,17H,4-8,13-15H2,1-3H3,(H,21,26)(H,22,25). The third-order valence-corrected chi connectivity index (χ3v) is 7.10. The first kappa shape index (κ1) is 23.3. The molecule has 1 heterocycles. The molecule has 0 spiro atoms. The zero-order valence-electron chi connectivity index (χ0n) is 17.5. The van der Waals surface area contributed by atoms with Crippen LogP contribution in [0.1, 0.15) is 40.0 Å². The number of hydrogen-bond acceptors (Lipinski definition) is 5. The van der Waals surface area contributed by atoms with Gasteiger partial charge in [0.05, 0.1) is 11.4 Å². The molecule has 29 heavy (non-hydrogen) atoms. The van der Waals surface area contributed by atoms with Crippen molar-refractivity contribution < 1.29 is 18.0 Å². The van der Waals surface area contributed by atoms with Crippen molar-refractivity contribution >= 4 is 27.5 Å². The van der Waals surface area contributed by atoms with Gasteiger partial charge >= 0.3 is 0 Å². The molecule has 1 fully saturated rings.